The molecule has 0 saturated heterocycles. The third-order valence-corrected chi connectivity index (χ3v) is 13.2. The average Bonchev–Trinajstić information content (AvgIpc) is 3.75. The number of rotatable bonds is 8. The van der Waals surface area contributed by atoms with Crippen molar-refractivity contribution in [1.29, 1.82) is 0 Å². The zero-order valence-electron chi connectivity index (χ0n) is 37.0. The first-order valence-corrected chi connectivity index (χ1v) is 23.1. The highest BCUT2D eigenvalue weighted by atomic mass is 15.0. The van der Waals surface area contributed by atoms with Crippen molar-refractivity contribution >= 4 is 54.4 Å². The number of hydrogen-bond acceptors (Lipinski definition) is 4. The molecule has 0 unspecified atom stereocenters. The summed E-state index contributed by atoms with van der Waals surface area (Å²) < 4.78 is 2.37. The average molecular weight is 868 g/mol. The van der Waals surface area contributed by atoms with Crippen LogP contribution < -0.4 is 0 Å². The predicted octanol–water partition coefficient (Wildman–Crippen LogP) is 15.7. The standard InChI is InChI=1S/C63H41N5/c1-5-18-41(19-6-1)36-48-40-56-59(61(43-22-9-3-10-23-43)67-62(65-56)44-24-11-4-12-25-44)54-39-45(32-34-50(48)54)46-33-35-58-53(38-46)51-28-14-16-31-57(51)68(58)49-27-17-26-47(37-49)63-64-55-30-15-13-29-52(55)60(66-63)42-20-7-2-8-21-42/h1-35,37-40H,36H2. The van der Waals surface area contributed by atoms with Gasteiger partial charge in [0.2, 0.25) is 0 Å². The van der Waals surface area contributed by atoms with Gasteiger partial charge in [0.15, 0.2) is 11.6 Å². The number of benzene rings is 10. The van der Waals surface area contributed by atoms with Crippen LogP contribution in [0.1, 0.15) is 11.1 Å². The summed E-state index contributed by atoms with van der Waals surface area (Å²) in [5, 5.41) is 6.78. The number of hydrogen-bond donors (Lipinski definition) is 0. The minimum Gasteiger partial charge on any atom is -0.309 e. The van der Waals surface area contributed by atoms with Crippen LogP contribution in [0.5, 0.6) is 0 Å². The molecule has 10 aromatic carbocycles. The monoisotopic (exact) mass is 867 g/mol. The number of fused-ring (bicyclic) bond motifs is 7. The molecule has 0 amide bonds. The van der Waals surface area contributed by atoms with Crippen LogP contribution in [0.15, 0.2) is 237 Å². The van der Waals surface area contributed by atoms with Gasteiger partial charge in [0.05, 0.1) is 33.5 Å². The van der Waals surface area contributed by atoms with Gasteiger partial charge in [-0.15, -0.1) is 0 Å². The summed E-state index contributed by atoms with van der Waals surface area (Å²) in [5.74, 6) is 1.41. The molecular formula is C63H41N5. The van der Waals surface area contributed by atoms with Gasteiger partial charge < -0.3 is 4.57 Å². The lowest BCUT2D eigenvalue weighted by atomic mass is 9.91. The normalized spacial score (nSPS) is 11.6. The largest absolute Gasteiger partial charge is 0.309 e. The van der Waals surface area contributed by atoms with Crippen molar-refractivity contribution in [1.82, 2.24) is 24.5 Å². The van der Waals surface area contributed by atoms with E-state index in [9.17, 15) is 0 Å². The highest BCUT2D eigenvalue weighted by molar-refractivity contribution is 6.15. The summed E-state index contributed by atoms with van der Waals surface area (Å²) in [4.78, 5) is 21.0. The molecule has 0 radical (unpaired) electrons. The van der Waals surface area contributed by atoms with Crippen molar-refractivity contribution in [2.45, 2.75) is 6.42 Å². The summed E-state index contributed by atoms with van der Waals surface area (Å²) in [6.07, 6.45) is 0.784. The smallest absolute Gasteiger partial charge is 0.160 e. The molecule has 5 nitrogen and oxygen atoms in total. The molecule has 3 heterocycles. The van der Waals surface area contributed by atoms with Gasteiger partial charge >= 0.3 is 0 Å². The first kappa shape index (κ1) is 39.3. The SMILES string of the molecule is c1ccc(Cc2cc3nc(-c4ccccc4)nc(-c4ccccc4)c3c3cc(-c4ccc5c(c4)c4ccccc4n5-c4cccc(-c5nc(-c6ccccc6)c6ccccc6n5)c4)ccc23)cc1. The van der Waals surface area contributed by atoms with Crippen LogP contribution in [-0.2, 0) is 6.42 Å². The lowest BCUT2D eigenvalue weighted by molar-refractivity contribution is 1.17. The van der Waals surface area contributed by atoms with Crippen molar-refractivity contribution in [2.24, 2.45) is 0 Å². The van der Waals surface area contributed by atoms with Crippen LogP contribution in [-0.4, -0.2) is 24.5 Å². The van der Waals surface area contributed by atoms with Gasteiger partial charge in [-0.05, 0) is 88.0 Å². The van der Waals surface area contributed by atoms with Crippen molar-refractivity contribution in [3.8, 4) is 62.1 Å². The maximum atomic E-state index is 5.35. The second kappa shape index (κ2) is 16.4. The highest BCUT2D eigenvalue weighted by Crippen LogP contribution is 2.41. The van der Waals surface area contributed by atoms with Gasteiger partial charge in [-0.3, -0.25) is 0 Å². The van der Waals surface area contributed by atoms with E-state index in [0.717, 1.165) is 95.1 Å². The van der Waals surface area contributed by atoms with Crippen molar-refractivity contribution in [3.05, 3.63) is 248 Å². The predicted molar refractivity (Wildman–Crippen MR) is 281 cm³/mol. The second-order valence-electron chi connectivity index (χ2n) is 17.4. The Labute approximate surface area is 393 Å². The van der Waals surface area contributed by atoms with E-state index in [0.29, 0.717) is 11.6 Å². The zero-order chi connectivity index (χ0) is 45.0. The Kier molecular flexibility index (Phi) is 9.50. The highest BCUT2D eigenvalue weighted by Gasteiger charge is 2.20. The first-order chi connectivity index (χ1) is 33.7. The van der Waals surface area contributed by atoms with Crippen LogP contribution in [0.4, 0.5) is 0 Å². The van der Waals surface area contributed by atoms with E-state index in [1.807, 2.05) is 30.3 Å². The summed E-state index contributed by atoms with van der Waals surface area (Å²) in [6, 6.07) is 83.7. The lowest BCUT2D eigenvalue weighted by Gasteiger charge is -2.16. The van der Waals surface area contributed by atoms with Crippen LogP contribution in [0, 0.1) is 0 Å². The first-order valence-electron chi connectivity index (χ1n) is 23.1. The van der Waals surface area contributed by atoms with E-state index in [1.54, 1.807) is 0 Å². The van der Waals surface area contributed by atoms with Crippen LogP contribution >= 0.6 is 0 Å². The third-order valence-electron chi connectivity index (χ3n) is 13.2. The molecule has 68 heavy (non-hydrogen) atoms. The van der Waals surface area contributed by atoms with E-state index >= 15 is 0 Å². The summed E-state index contributed by atoms with van der Waals surface area (Å²) >= 11 is 0. The molecule has 13 aromatic rings. The Bertz CT molecular complexity index is 4030. The van der Waals surface area contributed by atoms with Gasteiger partial charge in [0, 0.05) is 49.5 Å². The molecule has 0 aliphatic heterocycles. The fourth-order valence-corrected chi connectivity index (χ4v) is 10.0. The fourth-order valence-electron chi connectivity index (χ4n) is 10.0. The maximum absolute atomic E-state index is 5.35. The topological polar surface area (TPSA) is 56.5 Å². The van der Waals surface area contributed by atoms with E-state index in [2.05, 4.69) is 211 Å². The van der Waals surface area contributed by atoms with Gasteiger partial charge in [-0.25, -0.2) is 19.9 Å². The van der Waals surface area contributed by atoms with E-state index in [-0.39, 0.29) is 0 Å². The molecular weight excluding hydrogens is 827 g/mol. The number of aromatic nitrogens is 5. The van der Waals surface area contributed by atoms with Crippen molar-refractivity contribution in [2.75, 3.05) is 0 Å². The Balaban J connectivity index is 0.982. The quantitative estimate of drug-likeness (QED) is 0.143. The second-order valence-corrected chi connectivity index (χ2v) is 17.4. The molecule has 0 aliphatic carbocycles. The van der Waals surface area contributed by atoms with Crippen molar-refractivity contribution < 1.29 is 0 Å². The number of nitrogens with zero attached hydrogens (tertiary/aromatic N) is 5. The third kappa shape index (κ3) is 6.88. The molecule has 0 saturated carbocycles. The minimum absolute atomic E-state index is 0.695. The number of para-hydroxylation sites is 2. The van der Waals surface area contributed by atoms with E-state index in [4.69, 9.17) is 19.9 Å². The molecule has 3 aromatic heterocycles. The van der Waals surface area contributed by atoms with Crippen LogP contribution in [0.3, 0.4) is 0 Å². The molecule has 0 atom stereocenters. The Morgan fingerprint density at radius 2 is 0.868 bits per heavy atom. The van der Waals surface area contributed by atoms with Gasteiger partial charge in [0.1, 0.15) is 0 Å². The van der Waals surface area contributed by atoms with Crippen LogP contribution in [0.2, 0.25) is 0 Å². The van der Waals surface area contributed by atoms with E-state index < -0.39 is 0 Å². The van der Waals surface area contributed by atoms with E-state index in [1.165, 1.54) is 27.3 Å². The zero-order valence-corrected chi connectivity index (χ0v) is 37.0. The molecule has 318 valence electrons. The Hall–Kier alpha value is -9.06. The van der Waals surface area contributed by atoms with Gasteiger partial charge in [-0.1, -0.05) is 188 Å². The van der Waals surface area contributed by atoms with Gasteiger partial charge in [0.25, 0.3) is 0 Å². The Morgan fingerprint density at radius 1 is 0.309 bits per heavy atom. The summed E-state index contributed by atoms with van der Waals surface area (Å²) in [7, 11) is 0. The molecule has 0 fully saturated rings. The lowest BCUT2D eigenvalue weighted by Crippen LogP contribution is -1.99. The van der Waals surface area contributed by atoms with Gasteiger partial charge in [-0.2, -0.15) is 0 Å². The van der Waals surface area contributed by atoms with Crippen LogP contribution in [0.25, 0.3) is 116 Å². The van der Waals surface area contributed by atoms with Crippen molar-refractivity contribution in [3.63, 3.8) is 0 Å². The summed E-state index contributed by atoms with van der Waals surface area (Å²) in [5.41, 5.74) is 15.8. The summed E-state index contributed by atoms with van der Waals surface area (Å²) in [6.45, 7) is 0. The Morgan fingerprint density at radius 3 is 1.63 bits per heavy atom. The molecule has 0 spiro atoms. The molecule has 0 aliphatic rings. The molecule has 5 heteroatoms. The fraction of sp³-hybridized carbons (Fsp3) is 0.0159. The molecule has 0 N–H and O–H groups in total. The minimum atomic E-state index is 0.695. The molecule has 13 rings (SSSR count). The maximum Gasteiger partial charge on any atom is 0.160 e. The molecule has 0 bridgehead atoms.